The molecule has 0 aromatic rings. The highest BCUT2D eigenvalue weighted by Gasteiger charge is 2.36. The number of unbranched alkanes of at least 4 members (excludes halogenated alkanes) is 1. The minimum absolute atomic E-state index is 0.120. The molecule has 0 heterocycles. The van der Waals surface area contributed by atoms with Crippen LogP contribution in [0.15, 0.2) is 0 Å². The lowest BCUT2D eigenvalue weighted by Crippen LogP contribution is -2.32. The molecule has 1 atom stereocenters. The van der Waals surface area contributed by atoms with Gasteiger partial charge in [-0.15, -0.1) is 0 Å². The summed E-state index contributed by atoms with van der Waals surface area (Å²) in [6.45, 7) is 2.19. The number of hydrogen-bond acceptors (Lipinski definition) is 2. The standard InChI is InChI=1S/C12H21F3O3/c1-3-5-6-11(4-2,10(16)17)7-8-18-9-12(13,14)15/h3-9H2,1-2H3,(H,16,17). The van der Waals surface area contributed by atoms with E-state index in [2.05, 4.69) is 4.74 Å². The molecule has 3 nitrogen and oxygen atoms in total. The van der Waals surface area contributed by atoms with Crippen LogP contribution in [-0.2, 0) is 9.53 Å². The Bertz CT molecular complexity index is 253. The van der Waals surface area contributed by atoms with Crippen molar-refractivity contribution in [2.24, 2.45) is 5.41 Å². The maximum absolute atomic E-state index is 11.9. The van der Waals surface area contributed by atoms with Gasteiger partial charge in [-0.2, -0.15) is 13.2 Å². The van der Waals surface area contributed by atoms with Crippen LogP contribution in [0.3, 0.4) is 0 Å². The highest BCUT2D eigenvalue weighted by Crippen LogP contribution is 2.33. The molecule has 0 rings (SSSR count). The van der Waals surface area contributed by atoms with E-state index in [0.717, 1.165) is 12.8 Å². The zero-order chi connectivity index (χ0) is 14.2. The predicted molar refractivity (Wildman–Crippen MR) is 61.4 cm³/mol. The topological polar surface area (TPSA) is 46.5 Å². The van der Waals surface area contributed by atoms with Crippen LogP contribution in [0.4, 0.5) is 13.2 Å². The number of carboxylic acid groups (broad SMARTS) is 1. The van der Waals surface area contributed by atoms with Gasteiger partial charge in [0, 0.05) is 6.61 Å². The summed E-state index contributed by atoms with van der Waals surface area (Å²) in [4.78, 5) is 11.3. The molecule has 1 N–H and O–H groups in total. The average molecular weight is 270 g/mol. The van der Waals surface area contributed by atoms with Crippen molar-refractivity contribution in [1.29, 1.82) is 0 Å². The van der Waals surface area contributed by atoms with Gasteiger partial charge < -0.3 is 9.84 Å². The largest absolute Gasteiger partial charge is 0.481 e. The summed E-state index contributed by atoms with van der Waals surface area (Å²) < 4.78 is 40.1. The first-order chi connectivity index (χ1) is 8.27. The number of carbonyl (C=O) groups is 1. The zero-order valence-corrected chi connectivity index (χ0v) is 10.8. The number of alkyl halides is 3. The van der Waals surface area contributed by atoms with Crippen molar-refractivity contribution < 1.29 is 27.8 Å². The van der Waals surface area contributed by atoms with Crippen molar-refractivity contribution in [3.63, 3.8) is 0 Å². The number of ether oxygens (including phenoxy) is 1. The number of aliphatic carboxylic acids is 1. The molecular formula is C12H21F3O3. The lowest BCUT2D eigenvalue weighted by Gasteiger charge is -2.28. The average Bonchev–Trinajstić information content (AvgIpc) is 2.27. The Morgan fingerprint density at radius 2 is 1.83 bits per heavy atom. The molecular weight excluding hydrogens is 249 g/mol. The monoisotopic (exact) mass is 270 g/mol. The van der Waals surface area contributed by atoms with Crippen LogP contribution >= 0.6 is 0 Å². The smallest absolute Gasteiger partial charge is 0.411 e. The van der Waals surface area contributed by atoms with Crippen molar-refractivity contribution >= 4 is 5.97 Å². The first-order valence-corrected chi connectivity index (χ1v) is 6.15. The number of halogens is 3. The number of hydrogen-bond donors (Lipinski definition) is 1. The quantitative estimate of drug-likeness (QED) is 0.651. The lowest BCUT2D eigenvalue weighted by molar-refractivity contribution is -0.176. The van der Waals surface area contributed by atoms with Gasteiger partial charge in [0.15, 0.2) is 0 Å². The van der Waals surface area contributed by atoms with E-state index in [1.807, 2.05) is 6.92 Å². The van der Waals surface area contributed by atoms with E-state index in [-0.39, 0.29) is 13.0 Å². The lowest BCUT2D eigenvalue weighted by atomic mass is 9.77. The van der Waals surface area contributed by atoms with Crippen molar-refractivity contribution in [3.05, 3.63) is 0 Å². The zero-order valence-electron chi connectivity index (χ0n) is 10.8. The summed E-state index contributed by atoms with van der Waals surface area (Å²) in [6, 6.07) is 0. The second kappa shape index (κ2) is 7.61. The summed E-state index contributed by atoms with van der Waals surface area (Å²) in [7, 11) is 0. The van der Waals surface area contributed by atoms with Gasteiger partial charge in [-0.3, -0.25) is 4.79 Å². The van der Waals surface area contributed by atoms with Gasteiger partial charge in [-0.1, -0.05) is 26.7 Å². The molecule has 18 heavy (non-hydrogen) atoms. The van der Waals surface area contributed by atoms with E-state index in [4.69, 9.17) is 0 Å². The fourth-order valence-corrected chi connectivity index (χ4v) is 1.81. The number of carboxylic acids is 1. The summed E-state index contributed by atoms with van der Waals surface area (Å²) in [5.41, 5.74) is -0.957. The van der Waals surface area contributed by atoms with E-state index in [1.54, 1.807) is 6.92 Å². The maximum atomic E-state index is 11.9. The molecule has 0 aromatic carbocycles. The van der Waals surface area contributed by atoms with Crippen LogP contribution in [0.2, 0.25) is 0 Å². The fraction of sp³-hybridized carbons (Fsp3) is 0.917. The molecule has 0 amide bonds. The minimum atomic E-state index is -4.36. The SMILES string of the molecule is CCCCC(CC)(CCOCC(F)(F)F)C(=O)O. The Hall–Kier alpha value is -0.780. The molecule has 0 aliphatic heterocycles. The van der Waals surface area contributed by atoms with Crippen molar-refractivity contribution in [2.45, 2.75) is 52.1 Å². The van der Waals surface area contributed by atoms with E-state index >= 15 is 0 Å². The summed E-state index contributed by atoms with van der Waals surface area (Å²) >= 11 is 0. The Morgan fingerprint density at radius 1 is 1.22 bits per heavy atom. The highest BCUT2D eigenvalue weighted by molar-refractivity contribution is 5.74. The first kappa shape index (κ1) is 17.2. The Kier molecular flexibility index (Phi) is 7.28. The first-order valence-electron chi connectivity index (χ1n) is 6.15. The number of rotatable bonds is 9. The third-order valence-electron chi connectivity index (χ3n) is 3.13. The summed E-state index contributed by atoms with van der Waals surface area (Å²) in [6.07, 6.45) is -1.75. The molecule has 0 fully saturated rings. The molecule has 0 saturated heterocycles. The molecule has 6 heteroatoms. The van der Waals surface area contributed by atoms with Crippen molar-refractivity contribution in [1.82, 2.24) is 0 Å². The Labute approximate surface area is 105 Å². The normalized spacial score (nSPS) is 15.4. The second-order valence-corrected chi connectivity index (χ2v) is 4.46. The minimum Gasteiger partial charge on any atom is -0.481 e. The van der Waals surface area contributed by atoms with Gasteiger partial charge in [0.25, 0.3) is 0 Å². The van der Waals surface area contributed by atoms with E-state index in [0.29, 0.717) is 12.8 Å². The second-order valence-electron chi connectivity index (χ2n) is 4.46. The third-order valence-corrected chi connectivity index (χ3v) is 3.13. The van der Waals surface area contributed by atoms with E-state index in [9.17, 15) is 23.1 Å². The van der Waals surface area contributed by atoms with Crippen molar-refractivity contribution in [3.8, 4) is 0 Å². The van der Waals surface area contributed by atoms with Gasteiger partial charge in [0.05, 0.1) is 5.41 Å². The molecule has 0 radical (unpaired) electrons. The fourth-order valence-electron chi connectivity index (χ4n) is 1.81. The summed E-state index contributed by atoms with van der Waals surface area (Å²) in [5.74, 6) is -0.950. The molecule has 0 aliphatic rings. The van der Waals surface area contributed by atoms with Crippen LogP contribution in [0.5, 0.6) is 0 Å². The van der Waals surface area contributed by atoms with E-state index in [1.165, 1.54) is 0 Å². The molecule has 1 unspecified atom stereocenters. The molecule has 0 saturated carbocycles. The van der Waals surface area contributed by atoms with Gasteiger partial charge in [0.2, 0.25) is 0 Å². The highest BCUT2D eigenvalue weighted by atomic mass is 19.4. The molecule has 0 bridgehead atoms. The predicted octanol–water partition coefficient (Wildman–Crippen LogP) is 3.63. The van der Waals surface area contributed by atoms with Crippen molar-refractivity contribution in [2.75, 3.05) is 13.2 Å². The molecule has 0 aliphatic carbocycles. The summed E-state index contributed by atoms with van der Waals surface area (Å²) in [5, 5.41) is 9.23. The van der Waals surface area contributed by atoms with Crippen LogP contribution < -0.4 is 0 Å². The van der Waals surface area contributed by atoms with Gasteiger partial charge in [-0.25, -0.2) is 0 Å². The Balaban J connectivity index is 4.28. The Morgan fingerprint density at radius 3 is 2.22 bits per heavy atom. The van der Waals surface area contributed by atoms with Crippen LogP contribution in [-0.4, -0.2) is 30.5 Å². The maximum Gasteiger partial charge on any atom is 0.411 e. The van der Waals surface area contributed by atoms with Crippen LogP contribution in [0.1, 0.15) is 46.0 Å². The van der Waals surface area contributed by atoms with Gasteiger partial charge >= 0.3 is 12.1 Å². The molecule has 0 spiro atoms. The van der Waals surface area contributed by atoms with Crippen LogP contribution in [0.25, 0.3) is 0 Å². The molecule has 108 valence electrons. The van der Waals surface area contributed by atoms with Crippen LogP contribution in [0, 0.1) is 5.41 Å². The van der Waals surface area contributed by atoms with Gasteiger partial charge in [-0.05, 0) is 19.3 Å². The molecule has 0 aromatic heterocycles. The van der Waals surface area contributed by atoms with E-state index < -0.39 is 24.2 Å². The third kappa shape index (κ3) is 6.23. The van der Waals surface area contributed by atoms with Gasteiger partial charge in [0.1, 0.15) is 6.61 Å².